The highest BCUT2D eigenvalue weighted by Crippen LogP contribution is 2.30. The third-order valence-corrected chi connectivity index (χ3v) is 2.74. The Kier molecular flexibility index (Phi) is 3.04. The van der Waals surface area contributed by atoms with Gasteiger partial charge in [-0.3, -0.25) is 0 Å². The highest BCUT2D eigenvalue weighted by molar-refractivity contribution is 7.98. The molecule has 1 nitrogen and oxygen atoms in total. The lowest BCUT2D eigenvalue weighted by molar-refractivity contribution is 0.866. The van der Waals surface area contributed by atoms with Gasteiger partial charge in [-0.25, -0.2) is 0 Å². The van der Waals surface area contributed by atoms with Gasteiger partial charge in [0.15, 0.2) is 0 Å². The van der Waals surface area contributed by atoms with Gasteiger partial charge >= 0.3 is 0 Å². The van der Waals surface area contributed by atoms with Crippen LogP contribution >= 0.6 is 11.8 Å². The van der Waals surface area contributed by atoms with Crippen LogP contribution in [0.3, 0.4) is 0 Å². The number of thioether (sulfide) groups is 1. The molecule has 12 heavy (non-hydrogen) atoms. The van der Waals surface area contributed by atoms with Crippen LogP contribution in [0.5, 0.6) is 0 Å². The number of nitrogen functional groups attached to an aromatic ring is 1. The summed E-state index contributed by atoms with van der Waals surface area (Å²) >= 11 is 1.70. The first-order chi connectivity index (χ1) is 5.66. The van der Waals surface area contributed by atoms with Crippen molar-refractivity contribution in [3.8, 4) is 0 Å². The third-order valence-electron chi connectivity index (χ3n) is 1.94. The first kappa shape index (κ1) is 9.46. The summed E-state index contributed by atoms with van der Waals surface area (Å²) in [5.41, 5.74) is 8.17. The van der Waals surface area contributed by atoms with Crippen molar-refractivity contribution in [3.05, 3.63) is 23.8 Å². The van der Waals surface area contributed by atoms with Gasteiger partial charge in [0.1, 0.15) is 0 Å². The molecular weight excluding hydrogens is 166 g/mol. The van der Waals surface area contributed by atoms with Gasteiger partial charge in [0.2, 0.25) is 0 Å². The maximum atomic E-state index is 5.97. The van der Waals surface area contributed by atoms with Gasteiger partial charge < -0.3 is 5.73 Å². The summed E-state index contributed by atoms with van der Waals surface area (Å²) in [5.74, 6) is 0.511. The molecule has 0 saturated heterocycles. The first-order valence-electron chi connectivity index (χ1n) is 4.09. The minimum Gasteiger partial charge on any atom is -0.398 e. The molecule has 0 heterocycles. The van der Waals surface area contributed by atoms with Crippen LogP contribution in [-0.4, -0.2) is 6.26 Å². The van der Waals surface area contributed by atoms with E-state index in [4.69, 9.17) is 5.73 Å². The Bertz CT molecular complexity index is 269. The lowest BCUT2D eigenvalue weighted by atomic mass is 10.0. The SMILES string of the molecule is CSc1cccc(C(C)C)c1N. The molecule has 0 bridgehead atoms. The molecule has 1 rings (SSSR count). The van der Waals surface area contributed by atoms with E-state index >= 15 is 0 Å². The molecule has 2 N–H and O–H groups in total. The van der Waals surface area contributed by atoms with Gasteiger partial charge in [0.25, 0.3) is 0 Å². The minimum atomic E-state index is 0.511. The Balaban J connectivity index is 3.14. The topological polar surface area (TPSA) is 26.0 Å². The summed E-state index contributed by atoms with van der Waals surface area (Å²) < 4.78 is 0. The summed E-state index contributed by atoms with van der Waals surface area (Å²) in [4.78, 5) is 1.18. The molecule has 0 unspecified atom stereocenters. The Labute approximate surface area is 78.4 Å². The third kappa shape index (κ3) is 1.75. The van der Waals surface area contributed by atoms with Crippen LogP contribution in [0, 0.1) is 0 Å². The van der Waals surface area contributed by atoms with Crippen molar-refractivity contribution in [2.45, 2.75) is 24.7 Å². The second kappa shape index (κ2) is 3.85. The molecule has 1 aromatic rings. The predicted octanol–water partition coefficient (Wildman–Crippen LogP) is 3.11. The van der Waals surface area contributed by atoms with Crippen molar-refractivity contribution in [2.75, 3.05) is 12.0 Å². The Morgan fingerprint density at radius 1 is 1.33 bits per heavy atom. The van der Waals surface area contributed by atoms with Crippen LogP contribution in [0.25, 0.3) is 0 Å². The summed E-state index contributed by atoms with van der Waals surface area (Å²) in [6.45, 7) is 4.32. The van der Waals surface area contributed by atoms with Crippen molar-refractivity contribution in [2.24, 2.45) is 0 Å². The molecule has 2 heteroatoms. The van der Waals surface area contributed by atoms with Crippen LogP contribution in [-0.2, 0) is 0 Å². The van der Waals surface area contributed by atoms with Gasteiger partial charge in [-0.05, 0) is 23.8 Å². The zero-order valence-electron chi connectivity index (χ0n) is 7.79. The molecule has 0 aliphatic carbocycles. The quantitative estimate of drug-likeness (QED) is 0.560. The monoisotopic (exact) mass is 181 g/mol. The number of rotatable bonds is 2. The van der Waals surface area contributed by atoms with E-state index in [0.29, 0.717) is 5.92 Å². The molecule has 0 amide bonds. The van der Waals surface area contributed by atoms with Gasteiger partial charge in [-0.1, -0.05) is 26.0 Å². The standard InChI is InChI=1S/C10H15NS/c1-7(2)8-5-4-6-9(12-3)10(8)11/h4-7H,11H2,1-3H3. The normalized spacial score (nSPS) is 10.7. The van der Waals surface area contributed by atoms with E-state index in [1.807, 2.05) is 0 Å². The lowest BCUT2D eigenvalue weighted by Crippen LogP contribution is -1.97. The van der Waals surface area contributed by atoms with Gasteiger partial charge in [0.05, 0.1) is 0 Å². The van der Waals surface area contributed by atoms with Gasteiger partial charge in [-0.2, -0.15) is 0 Å². The number of benzene rings is 1. The molecule has 1 aromatic carbocycles. The van der Waals surface area contributed by atoms with E-state index in [1.54, 1.807) is 11.8 Å². The predicted molar refractivity (Wildman–Crippen MR) is 56.7 cm³/mol. The summed E-state index contributed by atoms with van der Waals surface area (Å²) in [6.07, 6.45) is 2.05. The molecule has 0 aliphatic rings. The average molecular weight is 181 g/mol. The number of nitrogens with two attached hydrogens (primary N) is 1. The van der Waals surface area contributed by atoms with Crippen molar-refractivity contribution < 1.29 is 0 Å². The van der Waals surface area contributed by atoms with Gasteiger partial charge in [-0.15, -0.1) is 11.8 Å². The number of anilines is 1. The van der Waals surface area contributed by atoms with E-state index in [1.165, 1.54) is 10.5 Å². The highest BCUT2D eigenvalue weighted by Gasteiger charge is 2.06. The second-order valence-corrected chi connectivity index (χ2v) is 3.97. The van der Waals surface area contributed by atoms with E-state index in [9.17, 15) is 0 Å². The molecule has 0 spiro atoms. The highest BCUT2D eigenvalue weighted by atomic mass is 32.2. The molecule has 0 aliphatic heterocycles. The average Bonchev–Trinajstić information content (AvgIpc) is 2.04. The second-order valence-electron chi connectivity index (χ2n) is 3.12. The van der Waals surface area contributed by atoms with Crippen molar-refractivity contribution in [1.29, 1.82) is 0 Å². The Morgan fingerprint density at radius 3 is 2.50 bits per heavy atom. The molecule has 0 fully saturated rings. The van der Waals surface area contributed by atoms with Crippen molar-refractivity contribution in [1.82, 2.24) is 0 Å². The van der Waals surface area contributed by atoms with Crippen LogP contribution < -0.4 is 5.73 Å². The summed E-state index contributed by atoms with van der Waals surface area (Å²) in [5, 5.41) is 0. The van der Waals surface area contributed by atoms with Gasteiger partial charge in [0, 0.05) is 10.6 Å². The van der Waals surface area contributed by atoms with Crippen molar-refractivity contribution >= 4 is 17.4 Å². The smallest absolute Gasteiger partial charge is 0.0487 e. The van der Waals surface area contributed by atoms with Crippen LogP contribution in [0.4, 0.5) is 5.69 Å². The van der Waals surface area contributed by atoms with Crippen LogP contribution in [0.15, 0.2) is 23.1 Å². The Hall–Kier alpha value is -0.630. The maximum absolute atomic E-state index is 5.97. The minimum absolute atomic E-state index is 0.511. The fourth-order valence-electron chi connectivity index (χ4n) is 1.24. The fourth-order valence-corrected chi connectivity index (χ4v) is 1.79. The van der Waals surface area contributed by atoms with Crippen molar-refractivity contribution in [3.63, 3.8) is 0 Å². The van der Waals surface area contributed by atoms with Crippen LogP contribution in [0.2, 0.25) is 0 Å². The summed E-state index contributed by atoms with van der Waals surface area (Å²) in [7, 11) is 0. The van der Waals surface area contributed by atoms with E-state index in [2.05, 4.69) is 38.3 Å². The maximum Gasteiger partial charge on any atom is 0.0487 e. The number of hydrogen-bond donors (Lipinski definition) is 1. The molecule has 0 radical (unpaired) electrons. The summed E-state index contributed by atoms with van der Waals surface area (Å²) in [6, 6.07) is 6.23. The zero-order valence-corrected chi connectivity index (χ0v) is 8.61. The number of para-hydroxylation sites is 1. The zero-order chi connectivity index (χ0) is 9.14. The van der Waals surface area contributed by atoms with E-state index in [0.717, 1.165) is 5.69 Å². The Morgan fingerprint density at radius 2 is 2.00 bits per heavy atom. The van der Waals surface area contributed by atoms with E-state index < -0.39 is 0 Å². The lowest BCUT2D eigenvalue weighted by Gasteiger charge is -2.11. The number of hydrogen-bond acceptors (Lipinski definition) is 2. The van der Waals surface area contributed by atoms with E-state index in [-0.39, 0.29) is 0 Å². The molecule has 0 atom stereocenters. The molecule has 66 valence electrons. The molecular formula is C10H15NS. The molecule has 0 aromatic heterocycles. The first-order valence-corrected chi connectivity index (χ1v) is 5.31. The van der Waals surface area contributed by atoms with Crippen LogP contribution in [0.1, 0.15) is 25.3 Å². The largest absolute Gasteiger partial charge is 0.398 e. The fraction of sp³-hybridized carbons (Fsp3) is 0.400. The molecule has 0 saturated carbocycles.